The van der Waals surface area contributed by atoms with Crippen molar-refractivity contribution in [3.63, 3.8) is 0 Å². The molecule has 0 saturated carbocycles. The number of benzene rings is 1. The maximum atomic E-state index is 13.2. The Labute approximate surface area is 102 Å². The van der Waals surface area contributed by atoms with Crippen LogP contribution in [0.2, 0.25) is 0 Å². The molecule has 0 fully saturated rings. The number of rotatable bonds is 6. The minimum Gasteiger partial charge on any atom is -0.398 e. The van der Waals surface area contributed by atoms with Gasteiger partial charge in [-0.25, -0.2) is 4.39 Å². The zero-order chi connectivity index (χ0) is 12.8. The van der Waals surface area contributed by atoms with Crippen LogP contribution in [-0.2, 0) is 0 Å². The highest BCUT2D eigenvalue weighted by molar-refractivity contribution is 5.48. The second-order valence-corrected chi connectivity index (χ2v) is 4.82. The first-order chi connectivity index (χ1) is 8.04. The molecule has 0 aliphatic rings. The lowest BCUT2D eigenvalue weighted by molar-refractivity contribution is 0.454. The van der Waals surface area contributed by atoms with Gasteiger partial charge in [0.25, 0.3) is 0 Å². The predicted molar refractivity (Wildman–Crippen MR) is 69.6 cm³/mol. The van der Waals surface area contributed by atoms with E-state index in [0.717, 1.165) is 24.8 Å². The number of nitrogens with one attached hydrogen (secondary N) is 1. The van der Waals surface area contributed by atoms with Crippen LogP contribution in [0.5, 0.6) is 0 Å². The summed E-state index contributed by atoms with van der Waals surface area (Å²) in [7, 11) is 0. The van der Waals surface area contributed by atoms with Crippen LogP contribution in [0.25, 0.3) is 0 Å². The molecule has 0 saturated heterocycles. The molecule has 1 aromatic carbocycles. The Kier molecular flexibility index (Phi) is 5.38. The lowest BCUT2D eigenvalue weighted by Gasteiger charge is -2.18. The summed E-state index contributed by atoms with van der Waals surface area (Å²) in [6, 6.07) is 4.32. The van der Waals surface area contributed by atoms with Crippen LogP contribution in [-0.4, -0.2) is 0 Å². The van der Waals surface area contributed by atoms with Crippen LogP contribution < -0.4 is 17.0 Å². The van der Waals surface area contributed by atoms with Crippen molar-refractivity contribution >= 4 is 5.69 Å². The Morgan fingerprint density at radius 3 is 2.59 bits per heavy atom. The van der Waals surface area contributed by atoms with Crippen molar-refractivity contribution in [3.8, 4) is 0 Å². The van der Waals surface area contributed by atoms with Crippen molar-refractivity contribution in [3.05, 3.63) is 29.6 Å². The summed E-state index contributed by atoms with van der Waals surface area (Å²) in [5.74, 6) is 5.90. The fourth-order valence-corrected chi connectivity index (χ4v) is 1.91. The van der Waals surface area contributed by atoms with E-state index >= 15 is 0 Å². The predicted octanol–water partition coefficient (Wildman–Crippen LogP) is 2.74. The first kappa shape index (κ1) is 13.9. The fourth-order valence-electron chi connectivity index (χ4n) is 1.91. The molecule has 1 rings (SSSR count). The van der Waals surface area contributed by atoms with Gasteiger partial charge in [0.15, 0.2) is 0 Å². The Morgan fingerprint density at radius 2 is 2.00 bits per heavy atom. The van der Waals surface area contributed by atoms with Gasteiger partial charge >= 0.3 is 0 Å². The largest absolute Gasteiger partial charge is 0.398 e. The molecule has 0 spiro atoms. The number of nitrogen functional groups attached to an aromatic ring is 1. The van der Waals surface area contributed by atoms with Gasteiger partial charge in [-0.3, -0.25) is 11.3 Å². The van der Waals surface area contributed by atoms with Gasteiger partial charge in [-0.2, -0.15) is 0 Å². The molecule has 96 valence electrons. The monoisotopic (exact) mass is 239 g/mol. The van der Waals surface area contributed by atoms with Crippen molar-refractivity contribution in [2.24, 2.45) is 11.8 Å². The van der Waals surface area contributed by atoms with Gasteiger partial charge in [0.2, 0.25) is 0 Å². The lowest BCUT2D eigenvalue weighted by atomic mass is 9.97. The van der Waals surface area contributed by atoms with E-state index in [9.17, 15) is 4.39 Å². The third-order valence-electron chi connectivity index (χ3n) is 2.90. The van der Waals surface area contributed by atoms with Crippen molar-refractivity contribution in [1.82, 2.24) is 5.43 Å². The molecule has 0 bridgehead atoms. The highest BCUT2D eigenvalue weighted by Gasteiger charge is 2.13. The van der Waals surface area contributed by atoms with E-state index in [1.165, 1.54) is 12.1 Å². The first-order valence-electron chi connectivity index (χ1n) is 6.05. The van der Waals surface area contributed by atoms with Gasteiger partial charge in [-0.05, 0) is 36.1 Å². The fraction of sp³-hybridized carbons (Fsp3) is 0.538. The number of hydrogen-bond donors (Lipinski definition) is 3. The van der Waals surface area contributed by atoms with E-state index in [4.69, 9.17) is 11.6 Å². The standard InChI is InChI=1S/C13H22FN3/c1-9(2)4-3-5-13(17-16)11-8-10(14)6-7-12(11)15/h6-9,13,17H,3-5,15-16H2,1-2H3. The SMILES string of the molecule is CC(C)CCCC(NN)c1cc(F)ccc1N. The molecule has 4 heteroatoms. The van der Waals surface area contributed by atoms with E-state index in [2.05, 4.69) is 19.3 Å². The molecule has 1 aromatic rings. The van der Waals surface area contributed by atoms with E-state index < -0.39 is 0 Å². The third kappa shape index (κ3) is 4.32. The van der Waals surface area contributed by atoms with E-state index in [1.807, 2.05) is 0 Å². The van der Waals surface area contributed by atoms with Crippen LogP contribution in [0.4, 0.5) is 10.1 Å². The molecule has 5 N–H and O–H groups in total. The molecule has 17 heavy (non-hydrogen) atoms. The number of hydrazine groups is 1. The van der Waals surface area contributed by atoms with Crippen LogP contribution in [0.3, 0.4) is 0 Å². The van der Waals surface area contributed by atoms with Crippen LogP contribution in [0, 0.1) is 11.7 Å². The van der Waals surface area contributed by atoms with Gasteiger partial charge in [-0.15, -0.1) is 0 Å². The normalized spacial score (nSPS) is 13.0. The Bertz CT molecular complexity index is 353. The molecule has 3 nitrogen and oxygen atoms in total. The summed E-state index contributed by atoms with van der Waals surface area (Å²) in [5.41, 5.74) is 9.88. The molecule has 0 aliphatic heterocycles. The molecule has 0 amide bonds. The molecule has 0 heterocycles. The Morgan fingerprint density at radius 1 is 1.29 bits per heavy atom. The quantitative estimate of drug-likeness (QED) is 0.406. The van der Waals surface area contributed by atoms with Crippen molar-refractivity contribution in [2.45, 2.75) is 39.2 Å². The van der Waals surface area contributed by atoms with E-state index in [0.29, 0.717) is 11.6 Å². The zero-order valence-electron chi connectivity index (χ0n) is 10.5. The molecule has 0 aromatic heterocycles. The Balaban J connectivity index is 2.68. The molecule has 1 unspecified atom stereocenters. The summed E-state index contributed by atoms with van der Waals surface area (Å²) in [5, 5.41) is 0. The van der Waals surface area contributed by atoms with Crippen LogP contribution in [0.15, 0.2) is 18.2 Å². The summed E-state index contributed by atoms with van der Waals surface area (Å²) < 4.78 is 13.2. The second kappa shape index (κ2) is 6.57. The van der Waals surface area contributed by atoms with Gasteiger partial charge in [0, 0.05) is 11.7 Å². The minimum atomic E-state index is -0.279. The molecular formula is C13H22FN3. The number of nitrogens with two attached hydrogens (primary N) is 2. The van der Waals surface area contributed by atoms with Gasteiger partial charge in [0.05, 0.1) is 0 Å². The van der Waals surface area contributed by atoms with Crippen molar-refractivity contribution in [1.29, 1.82) is 0 Å². The smallest absolute Gasteiger partial charge is 0.123 e. The van der Waals surface area contributed by atoms with E-state index in [1.54, 1.807) is 6.07 Å². The number of halogens is 1. The summed E-state index contributed by atoms with van der Waals surface area (Å²) >= 11 is 0. The highest BCUT2D eigenvalue weighted by Crippen LogP contribution is 2.25. The topological polar surface area (TPSA) is 64.1 Å². The third-order valence-corrected chi connectivity index (χ3v) is 2.90. The molecular weight excluding hydrogens is 217 g/mol. The van der Waals surface area contributed by atoms with Crippen molar-refractivity contribution in [2.75, 3.05) is 5.73 Å². The van der Waals surface area contributed by atoms with E-state index in [-0.39, 0.29) is 11.9 Å². The second-order valence-electron chi connectivity index (χ2n) is 4.82. The summed E-state index contributed by atoms with van der Waals surface area (Å²) in [6.45, 7) is 4.36. The molecule has 1 atom stereocenters. The number of hydrogen-bond acceptors (Lipinski definition) is 3. The van der Waals surface area contributed by atoms with Crippen molar-refractivity contribution < 1.29 is 4.39 Å². The summed E-state index contributed by atoms with van der Waals surface area (Å²) in [4.78, 5) is 0. The average molecular weight is 239 g/mol. The van der Waals surface area contributed by atoms with Gasteiger partial charge < -0.3 is 5.73 Å². The first-order valence-corrected chi connectivity index (χ1v) is 6.05. The lowest BCUT2D eigenvalue weighted by Crippen LogP contribution is -2.28. The highest BCUT2D eigenvalue weighted by atomic mass is 19.1. The molecule has 0 aliphatic carbocycles. The van der Waals surface area contributed by atoms with Gasteiger partial charge in [-0.1, -0.05) is 26.7 Å². The maximum Gasteiger partial charge on any atom is 0.123 e. The van der Waals surface area contributed by atoms with Crippen LogP contribution in [0.1, 0.15) is 44.7 Å². The molecule has 0 radical (unpaired) electrons. The van der Waals surface area contributed by atoms with Gasteiger partial charge in [0.1, 0.15) is 5.82 Å². The average Bonchev–Trinajstić information content (AvgIpc) is 2.28. The zero-order valence-corrected chi connectivity index (χ0v) is 10.5. The van der Waals surface area contributed by atoms with Crippen LogP contribution >= 0.6 is 0 Å². The number of anilines is 1. The maximum absolute atomic E-state index is 13.2. The summed E-state index contributed by atoms with van der Waals surface area (Å²) in [6.07, 6.45) is 3.04. The Hall–Kier alpha value is -1.13. The minimum absolute atomic E-state index is 0.0792.